The molecule has 0 amide bonds. The Balaban J connectivity index is 2.09. The highest BCUT2D eigenvalue weighted by molar-refractivity contribution is 5.27. The second-order valence-corrected chi connectivity index (χ2v) is 5.58. The van der Waals surface area contributed by atoms with E-state index in [1.807, 2.05) is 12.1 Å². The molecular weight excluding hydrogens is 224 g/mol. The van der Waals surface area contributed by atoms with E-state index in [9.17, 15) is 5.11 Å². The van der Waals surface area contributed by atoms with Crippen molar-refractivity contribution < 1.29 is 5.11 Å². The van der Waals surface area contributed by atoms with Crippen LogP contribution >= 0.6 is 0 Å². The Labute approximate surface area is 110 Å². The summed E-state index contributed by atoms with van der Waals surface area (Å²) in [5.74, 6) is 0.339. The number of nitrogens with zero attached hydrogens (tertiary/aromatic N) is 2. The molecule has 18 heavy (non-hydrogen) atoms. The van der Waals surface area contributed by atoms with Crippen LogP contribution in [0.25, 0.3) is 0 Å². The monoisotopic (exact) mass is 248 g/mol. The van der Waals surface area contributed by atoms with Crippen LogP contribution in [0.2, 0.25) is 0 Å². The van der Waals surface area contributed by atoms with Crippen LogP contribution in [0, 0.1) is 0 Å². The van der Waals surface area contributed by atoms with Crippen LogP contribution in [0.4, 0.5) is 0 Å². The number of hydrogen-bond acceptors (Lipinski definition) is 3. The highest BCUT2D eigenvalue weighted by atomic mass is 16.3. The lowest BCUT2D eigenvalue weighted by molar-refractivity contribution is 0.0377. The third-order valence-corrected chi connectivity index (χ3v) is 4.31. The van der Waals surface area contributed by atoms with Gasteiger partial charge in [-0.3, -0.25) is 9.80 Å². The Bertz CT molecular complexity index is 378. The SMILES string of the molecule is CC(c1ccc(O)cc1)N1CC(C)N(C)C(C)C1. The Kier molecular flexibility index (Phi) is 3.93. The van der Waals surface area contributed by atoms with Gasteiger partial charge >= 0.3 is 0 Å². The predicted octanol–water partition coefficient (Wildman–Crippen LogP) is 2.48. The maximum Gasteiger partial charge on any atom is 0.115 e. The minimum absolute atomic E-state index is 0.339. The zero-order valence-electron chi connectivity index (χ0n) is 11.8. The van der Waals surface area contributed by atoms with Crippen molar-refractivity contribution in [2.24, 2.45) is 0 Å². The molecule has 0 aromatic heterocycles. The third-order valence-electron chi connectivity index (χ3n) is 4.31. The van der Waals surface area contributed by atoms with Gasteiger partial charge in [0.25, 0.3) is 0 Å². The van der Waals surface area contributed by atoms with E-state index in [-0.39, 0.29) is 0 Å². The number of hydrogen-bond donors (Lipinski definition) is 1. The number of phenols is 1. The summed E-state index contributed by atoms with van der Waals surface area (Å²) in [5, 5.41) is 9.35. The van der Waals surface area contributed by atoms with Crippen molar-refractivity contribution in [3.8, 4) is 5.75 Å². The van der Waals surface area contributed by atoms with Crippen molar-refractivity contribution >= 4 is 0 Å². The minimum atomic E-state index is 0.339. The molecule has 3 heteroatoms. The van der Waals surface area contributed by atoms with E-state index in [0.29, 0.717) is 23.9 Å². The summed E-state index contributed by atoms with van der Waals surface area (Å²) in [5.41, 5.74) is 1.27. The Morgan fingerprint density at radius 3 is 2.11 bits per heavy atom. The van der Waals surface area contributed by atoms with Gasteiger partial charge in [0.2, 0.25) is 0 Å². The van der Waals surface area contributed by atoms with E-state index in [1.54, 1.807) is 12.1 Å². The van der Waals surface area contributed by atoms with Crippen LogP contribution in [0.5, 0.6) is 5.75 Å². The van der Waals surface area contributed by atoms with Crippen LogP contribution in [0.15, 0.2) is 24.3 Å². The summed E-state index contributed by atoms with van der Waals surface area (Å²) < 4.78 is 0. The van der Waals surface area contributed by atoms with Gasteiger partial charge in [0.15, 0.2) is 0 Å². The molecule has 1 aromatic carbocycles. The number of benzene rings is 1. The molecule has 3 unspecified atom stereocenters. The molecule has 1 aliphatic rings. The normalized spacial score (nSPS) is 28.2. The Morgan fingerprint density at radius 1 is 1.11 bits per heavy atom. The van der Waals surface area contributed by atoms with Crippen molar-refractivity contribution in [3.05, 3.63) is 29.8 Å². The number of piperazine rings is 1. The topological polar surface area (TPSA) is 26.7 Å². The van der Waals surface area contributed by atoms with E-state index in [0.717, 1.165) is 13.1 Å². The minimum Gasteiger partial charge on any atom is -0.508 e. The fraction of sp³-hybridized carbons (Fsp3) is 0.600. The van der Waals surface area contributed by atoms with Gasteiger partial charge in [0.05, 0.1) is 0 Å². The van der Waals surface area contributed by atoms with Crippen molar-refractivity contribution in [3.63, 3.8) is 0 Å². The molecule has 100 valence electrons. The smallest absolute Gasteiger partial charge is 0.115 e. The average molecular weight is 248 g/mol. The summed E-state index contributed by atoms with van der Waals surface area (Å²) in [6, 6.07) is 9.18. The maximum atomic E-state index is 9.35. The molecule has 3 nitrogen and oxygen atoms in total. The van der Waals surface area contributed by atoms with E-state index >= 15 is 0 Å². The number of likely N-dealkylation sites (N-methyl/N-ethyl adjacent to an activating group) is 1. The van der Waals surface area contributed by atoms with Crippen molar-refractivity contribution in [2.75, 3.05) is 20.1 Å². The van der Waals surface area contributed by atoms with E-state index < -0.39 is 0 Å². The van der Waals surface area contributed by atoms with Crippen molar-refractivity contribution in [1.82, 2.24) is 9.80 Å². The lowest BCUT2D eigenvalue weighted by atomic mass is 10.0. The van der Waals surface area contributed by atoms with Crippen LogP contribution in [-0.2, 0) is 0 Å². The molecule has 1 aromatic rings. The predicted molar refractivity (Wildman–Crippen MR) is 74.8 cm³/mol. The highest BCUT2D eigenvalue weighted by Crippen LogP contribution is 2.26. The van der Waals surface area contributed by atoms with Crippen LogP contribution in [-0.4, -0.2) is 47.1 Å². The van der Waals surface area contributed by atoms with E-state index in [1.165, 1.54) is 5.56 Å². The molecule has 1 saturated heterocycles. The zero-order chi connectivity index (χ0) is 13.3. The van der Waals surface area contributed by atoms with Gasteiger partial charge in [0.1, 0.15) is 5.75 Å². The molecule has 0 radical (unpaired) electrons. The largest absolute Gasteiger partial charge is 0.508 e. The van der Waals surface area contributed by atoms with Gasteiger partial charge in [0, 0.05) is 31.2 Å². The molecule has 1 fully saturated rings. The van der Waals surface area contributed by atoms with Gasteiger partial charge in [-0.15, -0.1) is 0 Å². The first-order valence-electron chi connectivity index (χ1n) is 6.74. The maximum absolute atomic E-state index is 9.35. The Morgan fingerprint density at radius 2 is 1.61 bits per heavy atom. The van der Waals surface area contributed by atoms with Crippen molar-refractivity contribution in [2.45, 2.75) is 38.9 Å². The number of aromatic hydroxyl groups is 1. The second-order valence-electron chi connectivity index (χ2n) is 5.58. The molecular formula is C15H24N2O. The van der Waals surface area contributed by atoms with Crippen LogP contribution in [0.3, 0.4) is 0 Å². The van der Waals surface area contributed by atoms with E-state index in [2.05, 4.69) is 37.6 Å². The average Bonchev–Trinajstić information content (AvgIpc) is 2.35. The lowest BCUT2D eigenvalue weighted by Gasteiger charge is -2.45. The molecule has 1 heterocycles. The van der Waals surface area contributed by atoms with Crippen LogP contribution in [0.1, 0.15) is 32.4 Å². The van der Waals surface area contributed by atoms with Gasteiger partial charge in [-0.25, -0.2) is 0 Å². The highest BCUT2D eigenvalue weighted by Gasteiger charge is 2.29. The first kappa shape index (κ1) is 13.4. The lowest BCUT2D eigenvalue weighted by Crippen LogP contribution is -2.55. The fourth-order valence-corrected chi connectivity index (χ4v) is 2.73. The summed E-state index contributed by atoms with van der Waals surface area (Å²) in [6.07, 6.45) is 0. The summed E-state index contributed by atoms with van der Waals surface area (Å²) >= 11 is 0. The van der Waals surface area contributed by atoms with Gasteiger partial charge < -0.3 is 5.11 Å². The zero-order valence-corrected chi connectivity index (χ0v) is 11.8. The molecule has 0 spiro atoms. The summed E-state index contributed by atoms with van der Waals surface area (Å²) in [6.45, 7) is 9.02. The van der Waals surface area contributed by atoms with Gasteiger partial charge in [-0.05, 0) is 45.5 Å². The van der Waals surface area contributed by atoms with Crippen molar-refractivity contribution in [1.29, 1.82) is 0 Å². The molecule has 1 aliphatic heterocycles. The first-order valence-corrected chi connectivity index (χ1v) is 6.74. The van der Waals surface area contributed by atoms with Gasteiger partial charge in [-0.2, -0.15) is 0 Å². The molecule has 3 atom stereocenters. The number of phenolic OH excluding ortho intramolecular Hbond substituents is 1. The second kappa shape index (κ2) is 5.29. The third kappa shape index (κ3) is 2.68. The van der Waals surface area contributed by atoms with Crippen LogP contribution < -0.4 is 0 Å². The fourth-order valence-electron chi connectivity index (χ4n) is 2.73. The molecule has 2 rings (SSSR count). The van der Waals surface area contributed by atoms with Gasteiger partial charge in [-0.1, -0.05) is 12.1 Å². The summed E-state index contributed by atoms with van der Waals surface area (Å²) in [4.78, 5) is 4.97. The standard InChI is InChI=1S/C15H24N2O/c1-11-9-17(10-12(2)16(11)4)13(3)14-5-7-15(18)8-6-14/h5-8,11-13,18H,9-10H2,1-4H3. The summed E-state index contributed by atoms with van der Waals surface area (Å²) in [7, 11) is 2.21. The number of rotatable bonds is 2. The Hall–Kier alpha value is -1.06. The molecule has 1 N–H and O–H groups in total. The molecule has 0 saturated carbocycles. The quantitative estimate of drug-likeness (QED) is 0.871. The van der Waals surface area contributed by atoms with E-state index in [4.69, 9.17) is 0 Å². The molecule has 0 aliphatic carbocycles. The first-order chi connectivity index (χ1) is 8.49. The molecule has 0 bridgehead atoms.